The summed E-state index contributed by atoms with van der Waals surface area (Å²) < 4.78 is 19.7. The Labute approximate surface area is 197 Å². The molecule has 2 aliphatic rings. The Morgan fingerprint density at radius 1 is 1.03 bits per heavy atom. The minimum Gasteiger partial charge on any atom is -0.444 e. The van der Waals surface area contributed by atoms with Crippen LogP contribution in [-0.2, 0) is 14.0 Å². The molecule has 0 atom stereocenters. The number of amides is 1. The summed E-state index contributed by atoms with van der Waals surface area (Å²) in [6.45, 7) is 15.3. The van der Waals surface area contributed by atoms with Crippen LogP contribution in [-0.4, -0.2) is 57.8 Å². The lowest BCUT2D eigenvalue weighted by atomic mass is 9.79. The highest BCUT2D eigenvalue weighted by atomic mass is 16.7. The van der Waals surface area contributed by atoms with Crippen LogP contribution in [0.25, 0.3) is 5.69 Å². The van der Waals surface area contributed by atoms with E-state index in [1.807, 2.05) is 55.9 Å². The summed E-state index contributed by atoms with van der Waals surface area (Å²) in [4.78, 5) is 14.1. The number of ether oxygens (including phenoxy) is 1. The van der Waals surface area contributed by atoms with E-state index in [1.165, 1.54) is 0 Å². The van der Waals surface area contributed by atoms with Crippen molar-refractivity contribution in [3.05, 3.63) is 42.2 Å². The first kappa shape index (κ1) is 23.8. The molecule has 0 spiro atoms. The molecule has 4 rings (SSSR count). The molecule has 1 aromatic carbocycles. The van der Waals surface area contributed by atoms with Crippen molar-refractivity contribution in [1.29, 1.82) is 0 Å². The van der Waals surface area contributed by atoms with Gasteiger partial charge in [-0.3, -0.25) is 0 Å². The Kier molecular flexibility index (Phi) is 6.12. The first-order chi connectivity index (χ1) is 15.3. The van der Waals surface area contributed by atoms with Crippen LogP contribution in [0.3, 0.4) is 0 Å². The molecular weight excluding hydrogens is 417 g/mol. The number of hydrogen-bond acceptors (Lipinski definition) is 5. The monoisotopic (exact) mass is 453 g/mol. The summed E-state index contributed by atoms with van der Waals surface area (Å²) in [5, 5.41) is 4.83. The third-order valence-electron chi connectivity index (χ3n) is 6.86. The number of likely N-dealkylation sites (tertiary alicyclic amines) is 1. The second-order valence-electron chi connectivity index (χ2n) is 11.1. The van der Waals surface area contributed by atoms with E-state index >= 15 is 0 Å². The number of piperidine rings is 1. The summed E-state index contributed by atoms with van der Waals surface area (Å²) in [7, 11) is -0.368. The lowest BCUT2D eigenvalue weighted by molar-refractivity contribution is 0.00578. The van der Waals surface area contributed by atoms with Crippen LogP contribution in [0.2, 0.25) is 0 Å². The van der Waals surface area contributed by atoms with Crippen molar-refractivity contribution < 1.29 is 18.8 Å². The number of rotatable bonds is 3. The lowest BCUT2D eigenvalue weighted by Crippen LogP contribution is -2.41. The van der Waals surface area contributed by atoms with E-state index in [4.69, 9.17) is 19.1 Å². The van der Waals surface area contributed by atoms with Crippen molar-refractivity contribution >= 4 is 18.7 Å². The fourth-order valence-corrected chi connectivity index (χ4v) is 4.15. The fourth-order valence-electron chi connectivity index (χ4n) is 4.15. The predicted molar refractivity (Wildman–Crippen MR) is 129 cm³/mol. The second-order valence-corrected chi connectivity index (χ2v) is 11.1. The zero-order valence-corrected chi connectivity index (χ0v) is 20.9. The summed E-state index contributed by atoms with van der Waals surface area (Å²) in [5.74, 6) is 0.342. The highest BCUT2D eigenvalue weighted by molar-refractivity contribution is 6.62. The Hall–Kier alpha value is -2.32. The molecule has 178 valence electrons. The molecule has 1 aromatic heterocycles. The standard InChI is InChI=1S/C25H36BN3O4/c1-23(2,3)31-22(30)28-15-12-18(13-16-28)21-14-17-29(27-21)20-10-8-19(9-11-20)26-32-24(4,5)25(6,7)33-26/h8-11,14,17-18H,12-13,15-16H2,1-7H3. The van der Waals surface area contributed by atoms with Gasteiger partial charge in [-0.25, -0.2) is 9.48 Å². The van der Waals surface area contributed by atoms with Gasteiger partial charge in [0, 0.05) is 25.2 Å². The van der Waals surface area contributed by atoms with Crippen molar-refractivity contribution in [3.63, 3.8) is 0 Å². The number of benzene rings is 1. The van der Waals surface area contributed by atoms with Crippen LogP contribution in [0.1, 0.15) is 72.9 Å². The van der Waals surface area contributed by atoms with Crippen LogP contribution in [0.15, 0.2) is 36.5 Å². The normalized spacial score (nSPS) is 20.8. The van der Waals surface area contributed by atoms with Crippen molar-refractivity contribution in [2.24, 2.45) is 0 Å². The molecule has 3 heterocycles. The van der Waals surface area contributed by atoms with Crippen molar-refractivity contribution in [1.82, 2.24) is 14.7 Å². The van der Waals surface area contributed by atoms with Crippen LogP contribution in [0.5, 0.6) is 0 Å². The molecule has 8 heteroatoms. The Bertz CT molecular complexity index is 970. The van der Waals surface area contributed by atoms with Crippen LogP contribution >= 0.6 is 0 Å². The van der Waals surface area contributed by atoms with Crippen molar-refractivity contribution in [2.45, 2.75) is 84.0 Å². The van der Waals surface area contributed by atoms with Gasteiger partial charge in [-0.05, 0) is 85.0 Å². The fraction of sp³-hybridized carbons (Fsp3) is 0.600. The molecule has 0 aliphatic carbocycles. The van der Waals surface area contributed by atoms with Gasteiger partial charge in [0.25, 0.3) is 0 Å². The van der Waals surface area contributed by atoms with E-state index in [0.717, 1.165) is 29.7 Å². The maximum absolute atomic E-state index is 12.3. The van der Waals surface area contributed by atoms with E-state index < -0.39 is 5.60 Å². The lowest BCUT2D eigenvalue weighted by Gasteiger charge is -2.32. The number of nitrogens with zero attached hydrogens (tertiary/aromatic N) is 3. The van der Waals surface area contributed by atoms with Gasteiger partial charge in [0.1, 0.15) is 5.60 Å². The molecule has 2 saturated heterocycles. The zero-order chi connectivity index (χ0) is 24.0. The summed E-state index contributed by atoms with van der Waals surface area (Å²) >= 11 is 0. The van der Waals surface area contributed by atoms with E-state index in [0.29, 0.717) is 19.0 Å². The number of hydrogen-bond donors (Lipinski definition) is 0. The number of aromatic nitrogens is 2. The first-order valence-corrected chi connectivity index (χ1v) is 11.8. The largest absolute Gasteiger partial charge is 0.494 e. The van der Waals surface area contributed by atoms with Crippen molar-refractivity contribution in [3.8, 4) is 5.69 Å². The quantitative estimate of drug-likeness (QED) is 0.649. The molecule has 1 amide bonds. The van der Waals surface area contributed by atoms with Gasteiger partial charge in [0.2, 0.25) is 0 Å². The highest BCUT2D eigenvalue weighted by Gasteiger charge is 2.51. The maximum Gasteiger partial charge on any atom is 0.494 e. The minimum atomic E-state index is -0.468. The number of carbonyl (C=O) groups excluding carboxylic acids is 1. The van der Waals surface area contributed by atoms with Crippen LogP contribution < -0.4 is 5.46 Å². The number of carbonyl (C=O) groups is 1. The summed E-state index contributed by atoms with van der Waals surface area (Å²) in [6.07, 6.45) is 3.54. The molecule has 0 unspecified atom stereocenters. The minimum absolute atomic E-state index is 0.228. The third-order valence-corrected chi connectivity index (χ3v) is 6.86. The van der Waals surface area contributed by atoms with Crippen LogP contribution in [0.4, 0.5) is 4.79 Å². The molecule has 0 radical (unpaired) electrons. The van der Waals surface area contributed by atoms with E-state index in [2.05, 4.69) is 33.8 Å². The SMILES string of the molecule is CC(C)(C)OC(=O)N1CCC(c2ccn(-c3ccc(B4OC(C)(C)C(C)(C)O4)cc3)n2)CC1. The second kappa shape index (κ2) is 8.47. The van der Waals surface area contributed by atoms with Crippen molar-refractivity contribution in [2.75, 3.05) is 13.1 Å². The smallest absolute Gasteiger partial charge is 0.444 e. The summed E-state index contributed by atoms with van der Waals surface area (Å²) in [6, 6.07) is 10.2. The average molecular weight is 453 g/mol. The van der Waals surface area contributed by atoms with Gasteiger partial charge in [0.05, 0.1) is 22.6 Å². The maximum atomic E-state index is 12.3. The average Bonchev–Trinajstić information content (AvgIpc) is 3.29. The topological polar surface area (TPSA) is 65.8 Å². The molecule has 7 nitrogen and oxygen atoms in total. The van der Waals surface area contributed by atoms with E-state index in [9.17, 15) is 4.79 Å². The van der Waals surface area contributed by atoms with Gasteiger partial charge >= 0.3 is 13.2 Å². The van der Waals surface area contributed by atoms with Crippen LogP contribution in [0, 0.1) is 0 Å². The molecule has 0 bridgehead atoms. The molecule has 33 heavy (non-hydrogen) atoms. The highest BCUT2D eigenvalue weighted by Crippen LogP contribution is 2.36. The van der Waals surface area contributed by atoms with Gasteiger partial charge in [-0.1, -0.05) is 12.1 Å². The summed E-state index contributed by atoms with van der Waals surface area (Å²) in [5.41, 5.74) is 1.88. The Morgan fingerprint density at radius 3 is 2.15 bits per heavy atom. The molecule has 2 aromatic rings. The zero-order valence-electron chi connectivity index (χ0n) is 20.9. The van der Waals surface area contributed by atoms with Gasteiger partial charge in [-0.15, -0.1) is 0 Å². The Balaban J connectivity index is 1.37. The van der Waals surface area contributed by atoms with Gasteiger partial charge in [-0.2, -0.15) is 5.10 Å². The van der Waals surface area contributed by atoms with E-state index in [1.54, 1.807) is 4.90 Å². The van der Waals surface area contributed by atoms with Gasteiger partial charge in [0.15, 0.2) is 0 Å². The molecule has 2 aliphatic heterocycles. The molecule has 2 fully saturated rings. The predicted octanol–water partition coefficient (Wildman–Crippen LogP) is 4.29. The van der Waals surface area contributed by atoms with E-state index in [-0.39, 0.29) is 24.4 Å². The van der Waals surface area contributed by atoms with Gasteiger partial charge < -0.3 is 18.9 Å². The molecule has 0 N–H and O–H groups in total. The Morgan fingerprint density at radius 2 is 1.61 bits per heavy atom. The molecular formula is C25H36BN3O4. The molecule has 0 saturated carbocycles. The first-order valence-electron chi connectivity index (χ1n) is 11.8. The third kappa shape index (κ3) is 5.12.